The van der Waals surface area contributed by atoms with Crippen molar-refractivity contribution >= 4 is 17.9 Å². The minimum absolute atomic E-state index is 0.0294. The molecule has 0 saturated heterocycles. The van der Waals surface area contributed by atoms with Gasteiger partial charge in [-0.2, -0.15) is 0 Å². The molecule has 0 bridgehead atoms. The van der Waals surface area contributed by atoms with Crippen LogP contribution in [-0.4, -0.2) is 17.4 Å². The molecule has 0 radical (unpaired) electrons. The normalized spacial score (nSPS) is 11.1. The number of benzene rings is 2. The van der Waals surface area contributed by atoms with E-state index in [1.54, 1.807) is 24.5 Å². The van der Waals surface area contributed by atoms with Crippen LogP contribution in [0.2, 0.25) is 0 Å². The second-order valence-corrected chi connectivity index (χ2v) is 6.00. The molecule has 3 aromatic rings. The van der Waals surface area contributed by atoms with Crippen molar-refractivity contribution in [2.75, 3.05) is 6.61 Å². The molecule has 3 nitrogen and oxygen atoms in total. The van der Waals surface area contributed by atoms with Crippen molar-refractivity contribution in [1.82, 2.24) is 4.98 Å². The summed E-state index contributed by atoms with van der Waals surface area (Å²) in [7, 11) is 0. The van der Waals surface area contributed by atoms with Gasteiger partial charge in [-0.25, -0.2) is 0 Å². The summed E-state index contributed by atoms with van der Waals surface area (Å²) in [6, 6.07) is 21.5. The summed E-state index contributed by atoms with van der Waals surface area (Å²) in [5.74, 6) is 0.780. The first-order valence-corrected chi connectivity index (χ1v) is 8.84. The van der Waals surface area contributed by atoms with Crippen LogP contribution in [0.3, 0.4) is 0 Å². The summed E-state index contributed by atoms with van der Waals surface area (Å²) in [6.45, 7) is 0.462. The lowest BCUT2D eigenvalue weighted by Crippen LogP contribution is -1.99. The van der Waals surface area contributed by atoms with Gasteiger partial charge in [-0.1, -0.05) is 60.7 Å². The number of para-hydroxylation sites is 1. The fourth-order valence-corrected chi connectivity index (χ4v) is 2.58. The molecule has 3 rings (SSSR count). The number of pyridine rings is 1. The van der Waals surface area contributed by atoms with Crippen molar-refractivity contribution in [3.05, 3.63) is 108 Å². The zero-order valence-electron chi connectivity index (χ0n) is 15.0. The Labute approximate surface area is 159 Å². The van der Waals surface area contributed by atoms with E-state index in [0.29, 0.717) is 13.0 Å². The predicted molar refractivity (Wildman–Crippen MR) is 109 cm³/mol. The Hall–Kier alpha value is -3.46. The SMILES string of the molecule is O=C(C=Cc1ccccc1OCC=Cc1ccccc1)Cc1cccnc1. The summed E-state index contributed by atoms with van der Waals surface area (Å²) in [5, 5.41) is 0. The van der Waals surface area contributed by atoms with Crippen molar-refractivity contribution < 1.29 is 9.53 Å². The second-order valence-electron chi connectivity index (χ2n) is 6.00. The van der Waals surface area contributed by atoms with Crippen LogP contribution in [0.5, 0.6) is 5.75 Å². The molecular weight excluding hydrogens is 334 g/mol. The Bertz CT molecular complexity index is 915. The molecule has 1 aromatic heterocycles. The van der Waals surface area contributed by atoms with Crippen molar-refractivity contribution in [1.29, 1.82) is 0 Å². The quantitative estimate of drug-likeness (QED) is 0.534. The number of hydrogen-bond acceptors (Lipinski definition) is 3. The molecule has 0 saturated carbocycles. The first kappa shape index (κ1) is 18.3. The van der Waals surface area contributed by atoms with Gasteiger partial charge in [-0.3, -0.25) is 9.78 Å². The lowest BCUT2D eigenvalue weighted by atomic mass is 10.1. The van der Waals surface area contributed by atoms with Crippen LogP contribution in [0.15, 0.2) is 91.3 Å². The number of rotatable bonds is 8. The van der Waals surface area contributed by atoms with Gasteiger partial charge in [0.25, 0.3) is 0 Å². The number of nitrogens with zero attached hydrogens (tertiary/aromatic N) is 1. The van der Waals surface area contributed by atoms with Crippen LogP contribution in [0.25, 0.3) is 12.2 Å². The topological polar surface area (TPSA) is 39.2 Å². The van der Waals surface area contributed by atoms with Crippen LogP contribution in [0, 0.1) is 0 Å². The van der Waals surface area contributed by atoms with Gasteiger partial charge < -0.3 is 4.74 Å². The highest BCUT2D eigenvalue weighted by Crippen LogP contribution is 2.19. The lowest BCUT2D eigenvalue weighted by Gasteiger charge is -2.07. The molecular formula is C24H21NO2. The van der Waals surface area contributed by atoms with Crippen molar-refractivity contribution in [2.24, 2.45) is 0 Å². The Morgan fingerprint density at radius 3 is 2.56 bits per heavy atom. The van der Waals surface area contributed by atoms with E-state index in [9.17, 15) is 4.79 Å². The van der Waals surface area contributed by atoms with E-state index in [0.717, 1.165) is 22.4 Å². The molecule has 1 heterocycles. The van der Waals surface area contributed by atoms with E-state index < -0.39 is 0 Å². The molecule has 0 aliphatic carbocycles. The average molecular weight is 355 g/mol. The monoisotopic (exact) mass is 355 g/mol. The van der Waals surface area contributed by atoms with Gasteiger partial charge in [0.15, 0.2) is 5.78 Å². The molecule has 27 heavy (non-hydrogen) atoms. The fourth-order valence-electron chi connectivity index (χ4n) is 2.58. The fraction of sp³-hybridized carbons (Fsp3) is 0.0833. The molecule has 0 unspecified atom stereocenters. The maximum atomic E-state index is 12.1. The highest BCUT2D eigenvalue weighted by Gasteiger charge is 2.02. The predicted octanol–water partition coefficient (Wildman–Crippen LogP) is 5.00. The van der Waals surface area contributed by atoms with Gasteiger partial charge in [0, 0.05) is 24.4 Å². The minimum Gasteiger partial charge on any atom is -0.489 e. The molecule has 0 N–H and O–H groups in total. The Morgan fingerprint density at radius 2 is 1.74 bits per heavy atom. The van der Waals surface area contributed by atoms with E-state index in [2.05, 4.69) is 4.98 Å². The Kier molecular flexibility index (Phi) is 6.71. The smallest absolute Gasteiger partial charge is 0.160 e. The summed E-state index contributed by atoms with van der Waals surface area (Å²) in [5.41, 5.74) is 2.92. The third-order valence-electron chi connectivity index (χ3n) is 3.91. The Morgan fingerprint density at radius 1 is 0.926 bits per heavy atom. The number of ether oxygens (including phenoxy) is 1. The molecule has 0 amide bonds. The number of carbonyl (C=O) groups excluding carboxylic acids is 1. The second kappa shape index (κ2) is 9.88. The average Bonchev–Trinajstić information content (AvgIpc) is 2.72. The summed E-state index contributed by atoms with van der Waals surface area (Å²) >= 11 is 0. The number of hydrogen-bond donors (Lipinski definition) is 0. The number of allylic oxidation sites excluding steroid dienone is 1. The number of carbonyl (C=O) groups is 1. The van der Waals surface area contributed by atoms with E-state index in [-0.39, 0.29) is 5.78 Å². The van der Waals surface area contributed by atoms with E-state index in [1.165, 1.54) is 0 Å². The summed E-state index contributed by atoms with van der Waals surface area (Å²) in [6.07, 6.45) is 11.1. The lowest BCUT2D eigenvalue weighted by molar-refractivity contribution is -0.113. The van der Waals surface area contributed by atoms with Gasteiger partial charge >= 0.3 is 0 Å². The molecule has 0 aliphatic heterocycles. The zero-order valence-corrected chi connectivity index (χ0v) is 15.0. The molecule has 134 valence electrons. The van der Waals surface area contributed by atoms with Gasteiger partial charge in [-0.15, -0.1) is 0 Å². The maximum Gasteiger partial charge on any atom is 0.160 e. The van der Waals surface area contributed by atoms with Crippen LogP contribution in [0.4, 0.5) is 0 Å². The highest BCUT2D eigenvalue weighted by atomic mass is 16.5. The third-order valence-corrected chi connectivity index (χ3v) is 3.91. The van der Waals surface area contributed by atoms with Gasteiger partial charge in [0.2, 0.25) is 0 Å². The molecule has 2 aromatic carbocycles. The van der Waals surface area contributed by atoms with Crippen LogP contribution < -0.4 is 4.74 Å². The number of ketones is 1. The van der Waals surface area contributed by atoms with E-state index in [1.807, 2.05) is 78.9 Å². The minimum atomic E-state index is 0.0294. The summed E-state index contributed by atoms with van der Waals surface area (Å²) in [4.78, 5) is 16.2. The standard InChI is InChI=1S/C24H21NO2/c26-23(18-21-10-6-16-25-19-21)15-14-22-12-4-5-13-24(22)27-17-7-11-20-8-2-1-3-9-20/h1-16,19H,17-18H2. The van der Waals surface area contributed by atoms with Crippen molar-refractivity contribution in [2.45, 2.75) is 6.42 Å². The molecule has 0 atom stereocenters. The summed E-state index contributed by atoms with van der Waals surface area (Å²) < 4.78 is 5.85. The first-order valence-electron chi connectivity index (χ1n) is 8.84. The van der Waals surface area contributed by atoms with Crippen LogP contribution >= 0.6 is 0 Å². The molecule has 0 fully saturated rings. The van der Waals surface area contributed by atoms with Gasteiger partial charge in [-0.05, 0) is 41.5 Å². The zero-order chi connectivity index (χ0) is 18.7. The van der Waals surface area contributed by atoms with E-state index in [4.69, 9.17) is 4.74 Å². The first-order chi connectivity index (χ1) is 13.3. The highest BCUT2D eigenvalue weighted by molar-refractivity contribution is 5.95. The molecule has 0 spiro atoms. The largest absolute Gasteiger partial charge is 0.489 e. The van der Waals surface area contributed by atoms with E-state index >= 15 is 0 Å². The third kappa shape index (κ3) is 6.08. The maximum absolute atomic E-state index is 12.1. The van der Waals surface area contributed by atoms with Gasteiger partial charge in [0.1, 0.15) is 12.4 Å². The molecule has 0 aliphatic rings. The van der Waals surface area contributed by atoms with Crippen molar-refractivity contribution in [3.8, 4) is 5.75 Å². The van der Waals surface area contributed by atoms with Crippen LogP contribution in [-0.2, 0) is 11.2 Å². The number of aromatic nitrogens is 1. The van der Waals surface area contributed by atoms with Crippen LogP contribution in [0.1, 0.15) is 16.7 Å². The molecule has 3 heteroatoms. The van der Waals surface area contributed by atoms with Crippen molar-refractivity contribution in [3.63, 3.8) is 0 Å². The Balaban J connectivity index is 1.58. The van der Waals surface area contributed by atoms with Gasteiger partial charge in [0.05, 0.1) is 0 Å².